The first-order valence-electron chi connectivity index (χ1n) is 5.88. The molecule has 1 saturated heterocycles. The molecule has 5 nitrogen and oxygen atoms in total. The van der Waals surface area contributed by atoms with Crippen LogP contribution in [-0.2, 0) is 0 Å². The molecule has 0 aromatic carbocycles. The first-order chi connectivity index (χ1) is 8.16. The Bertz CT molecular complexity index is 467. The van der Waals surface area contributed by atoms with E-state index in [1.54, 1.807) is 6.92 Å². The van der Waals surface area contributed by atoms with Crippen molar-refractivity contribution in [3.63, 3.8) is 0 Å². The molecule has 1 amide bonds. The maximum absolute atomic E-state index is 11.9. The van der Waals surface area contributed by atoms with Gasteiger partial charge in [-0.3, -0.25) is 9.59 Å². The number of aromatic amines is 1. The number of aryl methyl sites for hydroxylation is 1. The molecule has 3 N–H and O–H groups in total. The Kier molecular flexibility index (Phi) is 5.37. The molecular weight excluding hydrogens is 254 g/mol. The van der Waals surface area contributed by atoms with Crippen LogP contribution in [0.4, 0.5) is 0 Å². The topological polar surface area (TPSA) is 74.0 Å². The fourth-order valence-corrected chi connectivity index (χ4v) is 1.99. The minimum atomic E-state index is -0.292. The molecular formula is C12H18ClN3O2. The predicted molar refractivity (Wildman–Crippen MR) is 72.4 cm³/mol. The van der Waals surface area contributed by atoms with Gasteiger partial charge in [-0.15, -0.1) is 12.4 Å². The molecule has 1 aliphatic heterocycles. The molecule has 1 aliphatic rings. The Labute approximate surface area is 112 Å². The summed E-state index contributed by atoms with van der Waals surface area (Å²) in [6.45, 7) is 3.56. The van der Waals surface area contributed by atoms with Crippen LogP contribution in [-0.4, -0.2) is 30.0 Å². The number of H-pyrrole nitrogens is 1. The Morgan fingerprint density at radius 3 is 2.89 bits per heavy atom. The van der Waals surface area contributed by atoms with Crippen molar-refractivity contribution in [1.82, 2.24) is 15.6 Å². The van der Waals surface area contributed by atoms with Crippen LogP contribution in [0, 0.1) is 6.92 Å². The Hall–Kier alpha value is -1.33. The summed E-state index contributed by atoms with van der Waals surface area (Å²) < 4.78 is 0. The summed E-state index contributed by atoms with van der Waals surface area (Å²) in [6.07, 6.45) is 3.49. The first-order valence-corrected chi connectivity index (χ1v) is 5.88. The largest absolute Gasteiger partial charge is 0.364 e. The average molecular weight is 272 g/mol. The van der Waals surface area contributed by atoms with E-state index in [-0.39, 0.29) is 35.3 Å². The molecule has 1 unspecified atom stereocenters. The highest BCUT2D eigenvalue weighted by atomic mass is 35.5. The standard InChI is InChI=1S/C12H17N3O2.ClH/c1-8-5-11(16)10(7-14-8)12(17)15-9-3-2-4-13-6-9;/h5,7,9,13H,2-4,6H2,1H3,(H,14,16)(H,15,17);1H. The monoisotopic (exact) mass is 271 g/mol. The summed E-state index contributed by atoms with van der Waals surface area (Å²) in [5.74, 6) is -0.292. The zero-order chi connectivity index (χ0) is 12.3. The van der Waals surface area contributed by atoms with Gasteiger partial charge in [-0.1, -0.05) is 0 Å². The molecule has 100 valence electrons. The van der Waals surface area contributed by atoms with E-state index in [1.807, 2.05) is 0 Å². The van der Waals surface area contributed by atoms with Gasteiger partial charge in [0.2, 0.25) is 0 Å². The van der Waals surface area contributed by atoms with Crippen molar-refractivity contribution in [2.75, 3.05) is 13.1 Å². The number of aromatic nitrogens is 1. The van der Waals surface area contributed by atoms with Crippen LogP contribution in [0.2, 0.25) is 0 Å². The summed E-state index contributed by atoms with van der Waals surface area (Å²) in [6, 6.07) is 1.56. The molecule has 0 saturated carbocycles. The van der Waals surface area contributed by atoms with Gasteiger partial charge in [0.25, 0.3) is 5.91 Å². The zero-order valence-electron chi connectivity index (χ0n) is 10.3. The second-order valence-electron chi connectivity index (χ2n) is 4.41. The summed E-state index contributed by atoms with van der Waals surface area (Å²) in [4.78, 5) is 26.4. The Morgan fingerprint density at radius 1 is 1.50 bits per heavy atom. The number of hydrogen-bond donors (Lipinski definition) is 3. The Morgan fingerprint density at radius 2 is 2.28 bits per heavy atom. The highest BCUT2D eigenvalue weighted by Crippen LogP contribution is 2.02. The quantitative estimate of drug-likeness (QED) is 0.737. The molecule has 0 bridgehead atoms. The number of hydrogen-bond acceptors (Lipinski definition) is 3. The van der Waals surface area contributed by atoms with Crippen LogP contribution in [0.5, 0.6) is 0 Å². The van der Waals surface area contributed by atoms with Gasteiger partial charge in [-0.2, -0.15) is 0 Å². The van der Waals surface area contributed by atoms with Gasteiger partial charge >= 0.3 is 0 Å². The van der Waals surface area contributed by atoms with E-state index in [0.29, 0.717) is 0 Å². The number of pyridine rings is 1. The average Bonchev–Trinajstić information content (AvgIpc) is 2.30. The highest BCUT2D eigenvalue weighted by molar-refractivity contribution is 5.94. The second-order valence-corrected chi connectivity index (χ2v) is 4.41. The van der Waals surface area contributed by atoms with E-state index in [9.17, 15) is 9.59 Å². The van der Waals surface area contributed by atoms with Gasteiger partial charge in [0.05, 0.1) is 0 Å². The fourth-order valence-electron chi connectivity index (χ4n) is 1.99. The van der Waals surface area contributed by atoms with Crippen molar-refractivity contribution in [1.29, 1.82) is 0 Å². The van der Waals surface area contributed by atoms with E-state index in [4.69, 9.17) is 0 Å². The summed E-state index contributed by atoms with van der Waals surface area (Å²) in [7, 11) is 0. The number of halogens is 1. The molecule has 2 rings (SSSR count). The van der Waals surface area contributed by atoms with E-state index < -0.39 is 0 Å². The van der Waals surface area contributed by atoms with Crippen molar-refractivity contribution in [3.8, 4) is 0 Å². The van der Waals surface area contributed by atoms with E-state index in [0.717, 1.165) is 31.6 Å². The predicted octanol–water partition coefficient (Wildman–Crippen LogP) is 0.587. The van der Waals surface area contributed by atoms with Crippen LogP contribution in [0.15, 0.2) is 17.1 Å². The lowest BCUT2D eigenvalue weighted by Crippen LogP contribution is -2.46. The molecule has 0 aliphatic carbocycles. The van der Waals surface area contributed by atoms with E-state index >= 15 is 0 Å². The molecule has 6 heteroatoms. The van der Waals surface area contributed by atoms with Gasteiger partial charge in [0.15, 0.2) is 5.43 Å². The third-order valence-corrected chi connectivity index (χ3v) is 2.93. The van der Waals surface area contributed by atoms with Crippen molar-refractivity contribution < 1.29 is 4.79 Å². The molecule has 0 spiro atoms. The minimum Gasteiger partial charge on any atom is -0.364 e. The summed E-state index contributed by atoms with van der Waals surface area (Å²) in [5.41, 5.74) is 0.703. The second kappa shape index (κ2) is 6.56. The third-order valence-electron chi connectivity index (χ3n) is 2.93. The van der Waals surface area contributed by atoms with Gasteiger partial charge in [0, 0.05) is 30.5 Å². The van der Waals surface area contributed by atoms with Crippen molar-refractivity contribution in [2.24, 2.45) is 0 Å². The van der Waals surface area contributed by atoms with Crippen LogP contribution >= 0.6 is 12.4 Å². The number of nitrogens with one attached hydrogen (secondary N) is 3. The molecule has 1 aromatic rings. The normalized spacial score (nSPS) is 18.8. The molecule has 0 radical (unpaired) electrons. The van der Waals surface area contributed by atoms with Crippen LogP contribution < -0.4 is 16.1 Å². The minimum absolute atomic E-state index is 0. The SMILES string of the molecule is Cc1cc(=O)c(C(=O)NC2CCCNC2)c[nH]1.Cl. The lowest BCUT2D eigenvalue weighted by molar-refractivity contribution is 0.0929. The first kappa shape index (κ1) is 14.7. The lowest BCUT2D eigenvalue weighted by atomic mass is 10.1. The third kappa shape index (κ3) is 3.58. The van der Waals surface area contributed by atoms with Crippen molar-refractivity contribution >= 4 is 18.3 Å². The Balaban J connectivity index is 0.00000162. The number of carbonyl (C=O) groups excluding carboxylic acids is 1. The fraction of sp³-hybridized carbons (Fsp3) is 0.500. The van der Waals surface area contributed by atoms with Gasteiger partial charge in [0.1, 0.15) is 5.56 Å². The summed E-state index contributed by atoms with van der Waals surface area (Å²) >= 11 is 0. The summed E-state index contributed by atoms with van der Waals surface area (Å²) in [5, 5.41) is 6.09. The number of carbonyl (C=O) groups is 1. The zero-order valence-corrected chi connectivity index (χ0v) is 11.1. The molecule has 18 heavy (non-hydrogen) atoms. The maximum Gasteiger partial charge on any atom is 0.257 e. The van der Waals surface area contributed by atoms with Crippen LogP contribution in [0.1, 0.15) is 28.9 Å². The number of piperidine rings is 1. The molecule has 1 fully saturated rings. The van der Waals surface area contributed by atoms with Gasteiger partial charge < -0.3 is 15.6 Å². The number of rotatable bonds is 2. The number of amides is 1. The van der Waals surface area contributed by atoms with Crippen LogP contribution in [0.3, 0.4) is 0 Å². The van der Waals surface area contributed by atoms with Gasteiger partial charge in [-0.05, 0) is 26.3 Å². The molecule has 1 atom stereocenters. The molecule has 1 aromatic heterocycles. The smallest absolute Gasteiger partial charge is 0.257 e. The molecule has 2 heterocycles. The maximum atomic E-state index is 11.9. The van der Waals surface area contributed by atoms with Crippen molar-refractivity contribution in [3.05, 3.63) is 33.7 Å². The highest BCUT2D eigenvalue weighted by Gasteiger charge is 2.17. The van der Waals surface area contributed by atoms with Crippen LogP contribution in [0.25, 0.3) is 0 Å². The van der Waals surface area contributed by atoms with Crippen molar-refractivity contribution in [2.45, 2.75) is 25.8 Å². The lowest BCUT2D eigenvalue weighted by Gasteiger charge is -2.23. The van der Waals surface area contributed by atoms with Gasteiger partial charge in [-0.25, -0.2) is 0 Å². The van der Waals surface area contributed by atoms with E-state index in [2.05, 4.69) is 15.6 Å². The van der Waals surface area contributed by atoms with E-state index in [1.165, 1.54) is 12.3 Å².